The number of rotatable bonds is 4. The predicted octanol–water partition coefficient (Wildman–Crippen LogP) is 1.15. The number of carbonyl (C=O) groups excluding carboxylic acids is 1. The van der Waals surface area contributed by atoms with E-state index < -0.39 is 0 Å². The number of nitrogens with zero attached hydrogens (tertiary/aromatic N) is 1. The Bertz CT molecular complexity index is 485. The first-order valence-electron chi connectivity index (χ1n) is 6.27. The summed E-state index contributed by atoms with van der Waals surface area (Å²) in [6.45, 7) is 1.89. The summed E-state index contributed by atoms with van der Waals surface area (Å²) in [6, 6.07) is 7.06. The number of hydrogen-bond donors (Lipinski definition) is 2. The quantitative estimate of drug-likeness (QED) is 0.798. The maximum Gasteiger partial charge on any atom is 0.269 e. The van der Waals surface area contributed by atoms with Crippen LogP contribution in [-0.2, 0) is 0 Å². The fourth-order valence-electron chi connectivity index (χ4n) is 1.86. The molecule has 0 saturated carbocycles. The minimum Gasteiger partial charge on any atom is -0.497 e. The van der Waals surface area contributed by atoms with Gasteiger partial charge in [-0.3, -0.25) is 10.2 Å². The van der Waals surface area contributed by atoms with Gasteiger partial charge in [0, 0.05) is 30.8 Å². The Morgan fingerprint density at radius 3 is 2.95 bits per heavy atom. The van der Waals surface area contributed by atoms with Crippen molar-refractivity contribution in [3.63, 3.8) is 0 Å². The minimum absolute atomic E-state index is 0.168. The van der Waals surface area contributed by atoms with Crippen molar-refractivity contribution in [3.8, 4) is 5.75 Å². The van der Waals surface area contributed by atoms with Crippen LogP contribution in [0.5, 0.6) is 5.75 Å². The van der Waals surface area contributed by atoms with E-state index in [1.165, 1.54) is 0 Å². The van der Waals surface area contributed by atoms with E-state index in [9.17, 15) is 4.79 Å². The number of carbonyl (C=O) groups is 1. The lowest BCUT2D eigenvalue weighted by Crippen LogP contribution is -2.39. The molecule has 0 atom stereocenters. The zero-order valence-corrected chi connectivity index (χ0v) is 11.3. The van der Waals surface area contributed by atoms with Gasteiger partial charge in [-0.15, -0.1) is 0 Å². The van der Waals surface area contributed by atoms with Crippen LogP contribution in [-0.4, -0.2) is 38.1 Å². The molecule has 2 rings (SSSR count). The molecule has 1 aromatic rings. The fraction of sp³-hybridized carbons (Fsp3) is 0.357. The van der Waals surface area contributed by atoms with Crippen LogP contribution >= 0.6 is 0 Å². The van der Waals surface area contributed by atoms with E-state index in [2.05, 4.69) is 28.9 Å². The highest BCUT2D eigenvalue weighted by Gasteiger charge is 2.10. The summed E-state index contributed by atoms with van der Waals surface area (Å²) >= 11 is 0. The van der Waals surface area contributed by atoms with Gasteiger partial charge in [0.2, 0.25) is 0 Å². The third-order valence-electron chi connectivity index (χ3n) is 3.08. The molecule has 19 heavy (non-hydrogen) atoms. The van der Waals surface area contributed by atoms with Gasteiger partial charge in [-0.1, -0.05) is 6.07 Å². The zero-order chi connectivity index (χ0) is 13.7. The van der Waals surface area contributed by atoms with Crippen molar-refractivity contribution >= 4 is 5.91 Å². The number of benzene rings is 1. The van der Waals surface area contributed by atoms with Gasteiger partial charge < -0.3 is 15.1 Å². The molecule has 5 heteroatoms. The maximum absolute atomic E-state index is 12.0. The Labute approximate surface area is 113 Å². The number of amides is 1. The molecule has 1 aliphatic rings. The third-order valence-corrected chi connectivity index (χ3v) is 3.08. The first kappa shape index (κ1) is 13.4. The number of methoxy groups -OCH3 is 1. The van der Waals surface area contributed by atoms with Crippen molar-refractivity contribution in [3.05, 3.63) is 41.6 Å². The van der Waals surface area contributed by atoms with Gasteiger partial charge in [0.1, 0.15) is 5.75 Å². The molecular weight excluding hydrogens is 242 g/mol. The average Bonchev–Trinajstić information content (AvgIpc) is 2.46. The summed E-state index contributed by atoms with van der Waals surface area (Å²) in [5, 5.41) is 0. The summed E-state index contributed by atoms with van der Waals surface area (Å²) < 4.78 is 5.09. The molecule has 0 saturated heterocycles. The first-order chi connectivity index (χ1) is 9.19. The van der Waals surface area contributed by atoms with Crippen molar-refractivity contribution < 1.29 is 9.53 Å². The zero-order valence-electron chi connectivity index (χ0n) is 11.3. The number of hydrazine groups is 1. The largest absolute Gasteiger partial charge is 0.497 e. The summed E-state index contributed by atoms with van der Waals surface area (Å²) in [7, 11) is 3.65. The highest BCUT2D eigenvalue weighted by molar-refractivity contribution is 5.94. The van der Waals surface area contributed by atoms with Crippen molar-refractivity contribution in [1.82, 2.24) is 15.8 Å². The minimum atomic E-state index is -0.168. The van der Waals surface area contributed by atoms with Crippen molar-refractivity contribution in [1.29, 1.82) is 0 Å². The molecule has 0 radical (unpaired) electrons. The van der Waals surface area contributed by atoms with Crippen molar-refractivity contribution in [2.45, 2.75) is 6.42 Å². The molecule has 102 valence electrons. The monoisotopic (exact) mass is 261 g/mol. The van der Waals surface area contributed by atoms with Crippen molar-refractivity contribution in [2.24, 2.45) is 0 Å². The molecule has 1 heterocycles. The molecule has 0 aliphatic carbocycles. The van der Waals surface area contributed by atoms with E-state index in [0.717, 1.165) is 25.2 Å². The van der Waals surface area contributed by atoms with Crippen LogP contribution in [0.2, 0.25) is 0 Å². The van der Waals surface area contributed by atoms with Gasteiger partial charge in [0.15, 0.2) is 0 Å². The Morgan fingerprint density at radius 2 is 2.26 bits per heavy atom. The molecule has 1 aliphatic heterocycles. The van der Waals surface area contributed by atoms with E-state index in [1.807, 2.05) is 6.07 Å². The lowest BCUT2D eigenvalue weighted by molar-refractivity contribution is 0.0937. The number of nitrogens with one attached hydrogen (secondary N) is 2. The maximum atomic E-state index is 12.0. The molecular formula is C14H19N3O2. The third kappa shape index (κ3) is 3.72. The number of likely N-dealkylation sites (N-methyl/N-ethyl adjacent to an activating group) is 1. The van der Waals surface area contributed by atoms with E-state index in [1.54, 1.807) is 25.3 Å². The van der Waals surface area contributed by atoms with Crippen LogP contribution < -0.4 is 15.6 Å². The highest BCUT2D eigenvalue weighted by Crippen LogP contribution is 2.12. The van der Waals surface area contributed by atoms with Crippen LogP contribution in [0.3, 0.4) is 0 Å². The molecule has 0 bridgehead atoms. The number of ether oxygens (including phenoxy) is 1. The highest BCUT2D eigenvalue weighted by atomic mass is 16.5. The average molecular weight is 261 g/mol. The second-order valence-corrected chi connectivity index (χ2v) is 4.55. The summed E-state index contributed by atoms with van der Waals surface area (Å²) in [6.07, 6.45) is 2.99. The van der Waals surface area contributed by atoms with Crippen LogP contribution in [0.1, 0.15) is 16.8 Å². The fourth-order valence-corrected chi connectivity index (χ4v) is 1.86. The van der Waals surface area contributed by atoms with E-state index in [0.29, 0.717) is 11.3 Å². The van der Waals surface area contributed by atoms with Crippen LogP contribution in [0.4, 0.5) is 0 Å². The molecule has 0 aromatic heterocycles. The Balaban J connectivity index is 1.90. The molecule has 0 spiro atoms. The molecule has 2 N–H and O–H groups in total. The van der Waals surface area contributed by atoms with E-state index in [4.69, 9.17) is 4.74 Å². The first-order valence-corrected chi connectivity index (χ1v) is 6.27. The van der Waals surface area contributed by atoms with Crippen LogP contribution in [0, 0.1) is 0 Å². The molecule has 1 amide bonds. The SMILES string of the molecule is COc1cccc(C(=O)NNC2=CCN(C)CC2)c1. The van der Waals surface area contributed by atoms with E-state index >= 15 is 0 Å². The van der Waals surface area contributed by atoms with Gasteiger partial charge in [-0.2, -0.15) is 0 Å². The molecule has 5 nitrogen and oxygen atoms in total. The van der Waals surface area contributed by atoms with Gasteiger partial charge in [-0.05, 0) is 31.3 Å². The lowest BCUT2D eigenvalue weighted by Gasteiger charge is -2.22. The second kappa shape index (κ2) is 6.24. The normalized spacial score (nSPS) is 15.6. The van der Waals surface area contributed by atoms with Gasteiger partial charge >= 0.3 is 0 Å². The number of hydrogen-bond acceptors (Lipinski definition) is 4. The van der Waals surface area contributed by atoms with Crippen molar-refractivity contribution in [2.75, 3.05) is 27.2 Å². The Hall–Kier alpha value is -2.01. The molecule has 1 aromatic carbocycles. The second-order valence-electron chi connectivity index (χ2n) is 4.55. The summed E-state index contributed by atoms with van der Waals surface area (Å²) in [4.78, 5) is 14.2. The van der Waals surface area contributed by atoms with Gasteiger partial charge in [0.05, 0.1) is 7.11 Å². The summed E-state index contributed by atoms with van der Waals surface area (Å²) in [5.74, 6) is 0.505. The Kier molecular flexibility index (Phi) is 4.41. The molecule has 0 unspecified atom stereocenters. The predicted molar refractivity (Wildman–Crippen MR) is 73.8 cm³/mol. The standard InChI is InChI=1S/C14H19N3O2/c1-17-8-6-12(7-9-17)15-16-14(18)11-4-3-5-13(10-11)19-2/h3-6,10,15H,7-9H2,1-2H3,(H,16,18). The van der Waals surface area contributed by atoms with Crippen LogP contribution in [0.25, 0.3) is 0 Å². The summed E-state index contributed by atoms with van der Waals surface area (Å²) in [5.41, 5.74) is 7.30. The van der Waals surface area contributed by atoms with Crippen LogP contribution in [0.15, 0.2) is 36.0 Å². The topological polar surface area (TPSA) is 53.6 Å². The lowest BCUT2D eigenvalue weighted by atomic mass is 10.2. The smallest absolute Gasteiger partial charge is 0.269 e. The van der Waals surface area contributed by atoms with Gasteiger partial charge in [-0.25, -0.2) is 0 Å². The van der Waals surface area contributed by atoms with E-state index in [-0.39, 0.29) is 5.91 Å². The Morgan fingerprint density at radius 1 is 1.42 bits per heavy atom. The van der Waals surface area contributed by atoms with Gasteiger partial charge in [0.25, 0.3) is 5.91 Å². The molecule has 0 fully saturated rings.